The second-order valence-corrected chi connectivity index (χ2v) is 3.97. The summed E-state index contributed by atoms with van der Waals surface area (Å²) in [5, 5.41) is 11.4. The Labute approximate surface area is 103 Å². The third kappa shape index (κ3) is 3.17. The summed E-state index contributed by atoms with van der Waals surface area (Å²) in [7, 11) is 0. The summed E-state index contributed by atoms with van der Waals surface area (Å²) in [5.41, 5.74) is 5.43. The highest BCUT2D eigenvalue weighted by atomic mass is 16.3. The molecular weight excluding hydrogens is 238 g/mol. The number of hydrogen-bond acceptors (Lipinski definition) is 4. The van der Waals surface area contributed by atoms with Crippen LogP contribution in [-0.2, 0) is 4.79 Å². The van der Waals surface area contributed by atoms with Gasteiger partial charge in [-0.25, -0.2) is 0 Å². The molecule has 1 heterocycles. The summed E-state index contributed by atoms with van der Waals surface area (Å²) >= 11 is 0. The molecule has 0 saturated carbocycles. The number of aliphatic hydroxyl groups excluding tert-OH is 1. The van der Waals surface area contributed by atoms with Crippen LogP contribution in [0.5, 0.6) is 0 Å². The van der Waals surface area contributed by atoms with Crippen molar-refractivity contribution in [2.24, 2.45) is 5.73 Å². The third-order valence-electron chi connectivity index (χ3n) is 2.38. The first-order valence-corrected chi connectivity index (χ1v) is 5.29. The molecule has 0 aliphatic carbocycles. The molecule has 0 spiro atoms. The highest BCUT2D eigenvalue weighted by molar-refractivity contribution is 5.95. The number of H-pyrrole nitrogens is 1. The number of nitrogens with one attached hydrogen (secondary N) is 2. The zero-order valence-corrected chi connectivity index (χ0v) is 10.1. The molecule has 0 aliphatic rings. The first-order valence-electron chi connectivity index (χ1n) is 5.29. The zero-order valence-electron chi connectivity index (χ0n) is 10.1. The zero-order chi connectivity index (χ0) is 13.9. The van der Waals surface area contributed by atoms with Crippen LogP contribution in [0.1, 0.15) is 21.6 Å². The minimum absolute atomic E-state index is 0.0442. The molecule has 0 radical (unpaired) electrons. The normalized spacial score (nSPS) is 11.9. The van der Waals surface area contributed by atoms with Gasteiger partial charge < -0.3 is 21.1 Å². The molecule has 0 aromatic carbocycles. The van der Waals surface area contributed by atoms with Crippen molar-refractivity contribution in [3.05, 3.63) is 33.2 Å². The van der Waals surface area contributed by atoms with Crippen molar-refractivity contribution in [3.63, 3.8) is 0 Å². The number of aromatic nitrogens is 1. The summed E-state index contributed by atoms with van der Waals surface area (Å²) in [4.78, 5) is 36.4. The SMILES string of the molecule is Cc1cc(C)c(C(=O)NCC(O)C(N)=O)c(=O)[nH]1. The molecule has 7 nitrogen and oxygen atoms in total. The first kappa shape index (κ1) is 13.9. The van der Waals surface area contributed by atoms with Gasteiger partial charge in [-0.05, 0) is 25.5 Å². The van der Waals surface area contributed by atoms with Gasteiger partial charge in [0, 0.05) is 5.69 Å². The van der Waals surface area contributed by atoms with Crippen LogP contribution in [-0.4, -0.2) is 34.6 Å². The Hall–Kier alpha value is -2.15. The van der Waals surface area contributed by atoms with Crippen LogP contribution >= 0.6 is 0 Å². The molecule has 7 heteroatoms. The predicted molar refractivity (Wildman–Crippen MR) is 64.1 cm³/mol. The summed E-state index contributed by atoms with van der Waals surface area (Å²) in [6.07, 6.45) is -1.47. The van der Waals surface area contributed by atoms with Crippen molar-refractivity contribution in [1.82, 2.24) is 10.3 Å². The summed E-state index contributed by atoms with van der Waals surface area (Å²) in [5.74, 6) is -1.60. The lowest BCUT2D eigenvalue weighted by Gasteiger charge is -2.09. The third-order valence-corrected chi connectivity index (χ3v) is 2.38. The maximum atomic E-state index is 11.7. The second-order valence-electron chi connectivity index (χ2n) is 3.97. The van der Waals surface area contributed by atoms with E-state index in [0.717, 1.165) is 0 Å². The number of hydrogen-bond donors (Lipinski definition) is 4. The van der Waals surface area contributed by atoms with E-state index in [0.29, 0.717) is 11.3 Å². The van der Waals surface area contributed by atoms with Crippen molar-refractivity contribution < 1.29 is 14.7 Å². The summed E-state index contributed by atoms with van der Waals surface area (Å²) < 4.78 is 0. The van der Waals surface area contributed by atoms with E-state index in [1.54, 1.807) is 19.9 Å². The minimum atomic E-state index is -1.47. The summed E-state index contributed by atoms with van der Waals surface area (Å²) in [6.45, 7) is 3.00. The Balaban J connectivity index is 2.86. The number of carbonyl (C=O) groups excluding carboxylic acids is 2. The van der Waals surface area contributed by atoms with E-state index in [1.165, 1.54) is 0 Å². The molecule has 18 heavy (non-hydrogen) atoms. The van der Waals surface area contributed by atoms with Gasteiger partial charge in [-0.3, -0.25) is 14.4 Å². The van der Waals surface area contributed by atoms with Gasteiger partial charge in [-0.2, -0.15) is 0 Å². The quantitative estimate of drug-likeness (QED) is 0.524. The number of pyridine rings is 1. The molecule has 0 bridgehead atoms. The topological polar surface area (TPSA) is 125 Å². The van der Waals surface area contributed by atoms with E-state index in [9.17, 15) is 14.4 Å². The number of nitrogens with two attached hydrogens (primary N) is 1. The molecule has 98 valence electrons. The van der Waals surface area contributed by atoms with Crippen LogP contribution in [0.4, 0.5) is 0 Å². The highest BCUT2D eigenvalue weighted by Crippen LogP contribution is 2.03. The van der Waals surface area contributed by atoms with Crippen molar-refractivity contribution in [2.45, 2.75) is 20.0 Å². The fraction of sp³-hybridized carbons (Fsp3) is 0.364. The number of aromatic amines is 1. The Morgan fingerprint density at radius 3 is 2.61 bits per heavy atom. The second kappa shape index (κ2) is 5.46. The van der Waals surface area contributed by atoms with Crippen molar-refractivity contribution >= 4 is 11.8 Å². The number of carbonyl (C=O) groups is 2. The summed E-state index contributed by atoms with van der Waals surface area (Å²) in [6, 6.07) is 1.65. The van der Waals surface area contributed by atoms with Crippen LogP contribution in [0.15, 0.2) is 10.9 Å². The molecule has 0 fully saturated rings. The molecule has 2 amide bonds. The number of rotatable bonds is 4. The Kier molecular flexibility index (Phi) is 4.22. The van der Waals surface area contributed by atoms with Gasteiger partial charge in [0.2, 0.25) is 5.91 Å². The molecule has 1 atom stereocenters. The fourth-order valence-corrected chi connectivity index (χ4v) is 1.51. The van der Waals surface area contributed by atoms with Gasteiger partial charge in [0.25, 0.3) is 11.5 Å². The van der Waals surface area contributed by atoms with Crippen LogP contribution < -0.4 is 16.6 Å². The van der Waals surface area contributed by atoms with Crippen molar-refractivity contribution in [2.75, 3.05) is 6.54 Å². The number of aryl methyl sites for hydroxylation is 2. The first-order chi connectivity index (χ1) is 8.32. The maximum absolute atomic E-state index is 11.7. The number of aliphatic hydroxyl groups is 1. The molecule has 1 aromatic rings. The molecule has 0 aliphatic heterocycles. The van der Waals surface area contributed by atoms with Crippen LogP contribution in [0.3, 0.4) is 0 Å². The van der Waals surface area contributed by atoms with Gasteiger partial charge in [0.15, 0.2) is 0 Å². The molecule has 1 aromatic heterocycles. The standard InChI is InChI=1S/C11H15N3O4/c1-5-3-6(2)14-11(18)8(5)10(17)13-4-7(15)9(12)16/h3,7,15H,4H2,1-2H3,(H2,12,16)(H,13,17)(H,14,18). The monoisotopic (exact) mass is 253 g/mol. The van der Waals surface area contributed by atoms with Crippen LogP contribution in [0.2, 0.25) is 0 Å². The fourth-order valence-electron chi connectivity index (χ4n) is 1.51. The van der Waals surface area contributed by atoms with Crippen LogP contribution in [0.25, 0.3) is 0 Å². The van der Waals surface area contributed by atoms with Gasteiger partial charge >= 0.3 is 0 Å². The Bertz CT molecular complexity index is 536. The van der Waals surface area contributed by atoms with E-state index < -0.39 is 23.5 Å². The largest absolute Gasteiger partial charge is 0.381 e. The molecular formula is C11H15N3O4. The van der Waals surface area contributed by atoms with Crippen molar-refractivity contribution in [1.29, 1.82) is 0 Å². The van der Waals surface area contributed by atoms with Gasteiger partial charge in [0.05, 0.1) is 6.54 Å². The maximum Gasteiger partial charge on any atom is 0.261 e. The van der Waals surface area contributed by atoms with E-state index in [4.69, 9.17) is 10.8 Å². The van der Waals surface area contributed by atoms with Gasteiger partial charge in [-0.1, -0.05) is 0 Å². The predicted octanol–water partition coefficient (Wildman–Crippen LogP) is -1.43. The molecule has 5 N–H and O–H groups in total. The highest BCUT2D eigenvalue weighted by Gasteiger charge is 2.17. The Morgan fingerprint density at radius 2 is 2.11 bits per heavy atom. The van der Waals surface area contributed by atoms with E-state index in [-0.39, 0.29) is 12.1 Å². The lowest BCUT2D eigenvalue weighted by Crippen LogP contribution is -2.41. The average molecular weight is 253 g/mol. The average Bonchev–Trinajstić information content (AvgIpc) is 2.24. The lowest BCUT2D eigenvalue weighted by molar-refractivity contribution is -0.125. The lowest BCUT2D eigenvalue weighted by atomic mass is 10.1. The van der Waals surface area contributed by atoms with Crippen molar-refractivity contribution in [3.8, 4) is 0 Å². The molecule has 1 rings (SSSR count). The Morgan fingerprint density at radius 1 is 1.50 bits per heavy atom. The van der Waals surface area contributed by atoms with E-state index >= 15 is 0 Å². The minimum Gasteiger partial charge on any atom is -0.381 e. The molecule has 1 unspecified atom stereocenters. The van der Waals surface area contributed by atoms with Gasteiger partial charge in [-0.15, -0.1) is 0 Å². The number of primary amides is 1. The smallest absolute Gasteiger partial charge is 0.261 e. The molecule has 0 saturated heterocycles. The van der Waals surface area contributed by atoms with Crippen LogP contribution in [0, 0.1) is 13.8 Å². The number of amides is 2. The van der Waals surface area contributed by atoms with Gasteiger partial charge in [0.1, 0.15) is 11.7 Å². The van der Waals surface area contributed by atoms with E-state index in [2.05, 4.69) is 10.3 Å². The van der Waals surface area contributed by atoms with E-state index in [1.807, 2.05) is 0 Å².